The Balaban J connectivity index is 2.04. The fraction of sp³-hybridized carbons (Fsp3) is 0.294. The molecule has 2 aromatic rings. The van der Waals surface area contributed by atoms with Crippen molar-refractivity contribution in [1.82, 2.24) is 0 Å². The van der Waals surface area contributed by atoms with Gasteiger partial charge in [0.15, 0.2) is 0 Å². The highest BCUT2D eigenvalue weighted by molar-refractivity contribution is 5.22. The van der Waals surface area contributed by atoms with Gasteiger partial charge in [0.25, 0.3) is 0 Å². The molecule has 2 rings (SSSR count). The van der Waals surface area contributed by atoms with Crippen molar-refractivity contribution in [2.75, 3.05) is 0 Å². The number of hydrogen-bond donors (Lipinski definition) is 2. The van der Waals surface area contributed by atoms with Crippen LogP contribution >= 0.6 is 0 Å². The van der Waals surface area contributed by atoms with E-state index in [0.29, 0.717) is 12.0 Å². The number of nitrogens with two attached hydrogens (primary N) is 1. The Hall–Kier alpha value is -1.71. The summed E-state index contributed by atoms with van der Waals surface area (Å²) in [7, 11) is 0. The first kappa shape index (κ1) is 14.7. The molecule has 0 aliphatic heterocycles. The molecule has 2 atom stereocenters. The zero-order valence-electron chi connectivity index (χ0n) is 11.6. The van der Waals surface area contributed by atoms with Gasteiger partial charge >= 0.3 is 0 Å². The van der Waals surface area contributed by atoms with Crippen LogP contribution < -0.4 is 5.73 Å². The van der Waals surface area contributed by atoms with Crippen LogP contribution in [0.5, 0.6) is 0 Å². The van der Waals surface area contributed by atoms with Crippen LogP contribution in [0.3, 0.4) is 0 Å². The molecule has 2 nitrogen and oxygen atoms in total. The first-order valence-electron chi connectivity index (χ1n) is 6.78. The molecule has 0 aliphatic rings. The van der Waals surface area contributed by atoms with Crippen LogP contribution in [0.4, 0.5) is 4.39 Å². The summed E-state index contributed by atoms with van der Waals surface area (Å²) in [5, 5.41) is 10.4. The van der Waals surface area contributed by atoms with Gasteiger partial charge in [0, 0.05) is 5.56 Å². The third-order valence-electron chi connectivity index (χ3n) is 3.41. The Morgan fingerprint density at radius 2 is 1.85 bits per heavy atom. The summed E-state index contributed by atoms with van der Waals surface area (Å²) in [6.45, 7) is 2.03. The smallest absolute Gasteiger partial charge is 0.140 e. The van der Waals surface area contributed by atoms with E-state index in [1.807, 2.05) is 37.3 Å². The van der Waals surface area contributed by atoms with Gasteiger partial charge in [0.2, 0.25) is 0 Å². The molecule has 3 N–H and O–H groups in total. The van der Waals surface area contributed by atoms with Crippen molar-refractivity contribution in [2.45, 2.75) is 25.5 Å². The molecule has 106 valence electrons. The molecule has 0 amide bonds. The molecule has 0 fully saturated rings. The van der Waals surface area contributed by atoms with E-state index in [-0.39, 0.29) is 11.7 Å². The van der Waals surface area contributed by atoms with Crippen LogP contribution in [0.25, 0.3) is 0 Å². The molecule has 0 aromatic heterocycles. The summed E-state index contributed by atoms with van der Waals surface area (Å²) in [5.41, 5.74) is 6.06. The SMILES string of the molecule is C[C@H](Cc1ccccc1)C[C@@](N)(O)c1cccc(F)c1. The summed E-state index contributed by atoms with van der Waals surface area (Å²) in [6.07, 6.45) is 1.21. The molecule has 0 heterocycles. The molecule has 0 saturated heterocycles. The zero-order valence-corrected chi connectivity index (χ0v) is 11.6. The quantitative estimate of drug-likeness (QED) is 0.822. The van der Waals surface area contributed by atoms with Crippen LogP contribution in [0.2, 0.25) is 0 Å². The van der Waals surface area contributed by atoms with Gasteiger partial charge in [0.1, 0.15) is 11.5 Å². The average Bonchev–Trinajstić information content (AvgIpc) is 2.39. The van der Waals surface area contributed by atoms with Crippen molar-refractivity contribution in [3.63, 3.8) is 0 Å². The zero-order chi connectivity index (χ0) is 14.6. The Bertz CT molecular complexity index is 554. The van der Waals surface area contributed by atoms with Gasteiger partial charge in [-0.3, -0.25) is 5.73 Å². The highest BCUT2D eigenvalue weighted by atomic mass is 19.1. The van der Waals surface area contributed by atoms with Gasteiger partial charge in [-0.1, -0.05) is 49.4 Å². The van der Waals surface area contributed by atoms with E-state index in [1.165, 1.54) is 17.7 Å². The lowest BCUT2D eigenvalue weighted by Gasteiger charge is -2.27. The molecule has 0 radical (unpaired) electrons. The molecule has 0 spiro atoms. The number of aliphatic hydroxyl groups is 1. The summed E-state index contributed by atoms with van der Waals surface area (Å²) >= 11 is 0. The second-order valence-corrected chi connectivity index (χ2v) is 5.43. The standard InChI is InChI=1S/C17H20FNO/c1-13(10-14-6-3-2-4-7-14)12-17(19,20)15-8-5-9-16(18)11-15/h2-9,11,13,20H,10,12,19H2,1H3/t13-,17-/m1/s1. The highest BCUT2D eigenvalue weighted by Crippen LogP contribution is 2.25. The summed E-state index contributed by atoms with van der Waals surface area (Å²) in [5.74, 6) is -0.197. The minimum absolute atomic E-state index is 0.190. The van der Waals surface area contributed by atoms with E-state index in [9.17, 15) is 9.50 Å². The Morgan fingerprint density at radius 1 is 1.15 bits per heavy atom. The van der Waals surface area contributed by atoms with Crippen molar-refractivity contribution in [1.29, 1.82) is 0 Å². The van der Waals surface area contributed by atoms with Crippen molar-refractivity contribution in [3.8, 4) is 0 Å². The van der Waals surface area contributed by atoms with Crippen molar-refractivity contribution in [2.24, 2.45) is 11.7 Å². The Morgan fingerprint density at radius 3 is 2.50 bits per heavy atom. The summed E-state index contributed by atoms with van der Waals surface area (Å²) in [4.78, 5) is 0. The molecule has 0 unspecified atom stereocenters. The van der Waals surface area contributed by atoms with E-state index < -0.39 is 5.72 Å². The van der Waals surface area contributed by atoms with Crippen molar-refractivity contribution < 1.29 is 9.50 Å². The Kier molecular flexibility index (Phi) is 4.53. The van der Waals surface area contributed by atoms with Gasteiger partial charge in [-0.2, -0.15) is 0 Å². The van der Waals surface area contributed by atoms with E-state index in [2.05, 4.69) is 0 Å². The number of hydrogen-bond acceptors (Lipinski definition) is 2. The monoisotopic (exact) mass is 273 g/mol. The molecular formula is C17H20FNO. The van der Waals surface area contributed by atoms with E-state index in [1.54, 1.807) is 12.1 Å². The molecule has 2 aromatic carbocycles. The Labute approximate surface area is 119 Å². The normalized spacial score (nSPS) is 15.6. The third-order valence-corrected chi connectivity index (χ3v) is 3.41. The maximum absolute atomic E-state index is 13.2. The first-order chi connectivity index (χ1) is 9.47. The van der Waals surface area contributed by atoms with Crippen LogP contribution in [0, 0.1) is 11.7 Å². The van der Waals surface area contributed by atoms with Gasteiger partial charge in [-0.25, -0.2) is 4.39 Å². The molecule has 0 bridgehead atoms. The van der Waals surface area contributed by atoms with Crippen molar-refractivity contribution >= 4 is 0 Å². The molecule has 0 aliphatic carbocycles. The largest absolute Gasteiger partial charge is 0.372 e. The van der Waals surface area contributed by atoms with Gasteiger partial charge < -0.3 is 5.11 Å². The lowest BCUT2D eigenvalue weighted by Crippen LogP contribution is -2.38. The maximum atomic E-state index is 13.2. The number of benzene rings is 2. The second kappa shape index (κ2) is 6.16. The molecule has 20 heavy (non-hydrogen) atoms. The van der Waals surface area contributed by atoms with Crippen LogP contribution in [-0.4, -0.2) is 5.11 Å². The average molecular weight is 273 g/mol. The van der Waals surface area contributed by atoms with Crippen LogP contribution in [-0.2, 0) is 12.1 Å². The maximum Gasteiger partial charge on any atom is 0.140 e. The fourth-order valence-electron chi connectivity index (χ4n) is 2.50. The predicted molar refractivity (Wildman–Crippen MR) is 78.4 cm³/mol. The van der Waals surface area contributed by atoms with E-state index in [0.717, 1.165) is 6.42 Å². The third kappa shape index (κ3) is 3.89. The minimum Gasteiger partial charge on any atom is -0.372 e. The van der Waals surface area contributed by atoms with E-state index >= 15 is 0 Å². The predicted octanol–water partition coefficient (Wildman–Crippen LogP) is 3.20. The van der Waals surface area contributed by atoms with Gasteiger partial charge in [-0.15, -0.1) is 0 Å². The molecule has 3 heteroatoms. The fourth-order valence-corrected chi connectivity index (χ4v) is 2.50. The van der Waals surface area contributed by atoms with E-state index in [4.69, 9.17) is 5.73 Å². The lowest BCUT2D eigenvalue weighted by molar-refractivity contribution is 0.0192. The van der Waals surface area contributed by atoms with Crippen LogP contribution in [0.15, 0.2) is 54.6 Å². The molecular weight excluding hydrogens is 253 g/mol. The summed E-state index contributed by atoms with van der Waals surface area (Å²) in [6, 6.07) is 15.9. The molecule has 0 saturated carbocycles. The lowest BCUT2D eigenvalue weighted by atomic mass is 9.89. The summed E-state index contributed by atoms with van der Waals surface area (Å²) < 4.78 is 13.2. The topological polar surface area (TPSA) is 46.2 Å². The minimum atomic E-state index is -1.50. The van der Waals surface area contributed by atoms with Crippen LogP contribution in [0.1, 0.15) is 24.5 Å². The number of halogens is 1. The highest BCUT2D eigenvalue weighted by Gasteiger charge is 2.26. The first-order valence-corrected chi connectivity index (χ1v) is 6.78. The second-order valence-electron chi connectivity index (χ2n) is 5.43. The van der Waals surface area contributed by atoms with Crippen molar-refractivity contribution in [3.05, 3.63) is 71.5 Å². The van der Waals surface area contributed by atoms with Gasteiger partial charge in [-0.05, 0) is 36.5 Å². The number of rotatable bonds is 5. The van der Waals surface area contributed by atoms with Gasteiger partial charge in [0.05, 0.1) is 0 Å².